The summed E-state index contributed by atoms with van der Waals surface area (Å²) in [6.45, 7) is 4.55. The number of hydrogen-bond donors (Lipinski definition) is 2. The van der Waals surface area contributed by atoms with Crippen molar-refractivity contribution >= 4 is 51.7 Å². The number of carbonyl (C=O) groups excluding carboxylic acids is 1. The molecular weight excluding hydrogens is 642 g/mol. The second-order valence-electron chi connectivity index (χ2n) is 12.4. The maximum absolute atomic E-state index is 16.4. The second-order valence-corrected chi connectivity index (χ2v) is 13.2. The molecule has 8 rings (SSSR count). The molecule has 3 aliphatic rings. The van der Waals surface area contributed by atoms with Crippen molar-refractivity contribution in [3.8, 4) is 5.75 Å². The van der Waals surface area contributed by atoms with Gasteiger partial charge in [0.15, 0.2) is 0 Å². The number of anilines is 1. The van der Waals surface area contributed by atoms with Crippen LogP contribution in [0.3, 0.4) is 0 Å². The largest absolute Gasteiger partial charge is 0.494 e. The van der Waals surface area contributed by atoms with Gasteiger partial charge in [0.1, 0.15) is 17.1 Å². The monoisotopic (exact) mass is 670 g/mol. The Balaban J connectivity index is 1.41. The van der Waals surface area contributed by atoms with Crippen LogP contribution >= 0.6 is 23.2 Å². The summed E-state index contributed by atoms with van der Waals surface area (Å²) in [4.78, 5) is 28.9. The fourth-order valence-electron chi connectivity index (χ4n) is 8.21. The van der Waals surface area contributed by atoms with Crippen molar-refractivity contribution in [1.82, 2.24) is 14.7 Å². The molecule has 238 valence electrons. The SMILES string of the molecule is CCOc1cccc(CN2[C@H]3Cc4c5cc(C)c(C(=O)O)cc5nn4C3[C@H](c3cccc(Cl)c3F)[C@]23C(=O)Nc2cc(Cl)ccc23)c1. The molecule has 4 aromatic carbocycles. The third-order valence-electron chi connectivity index (χ3n) is 9.97. The Bertz CT molecular complexity index is 2150. The van der Waals surface area contributed by atoms with Crippen LogP contribution in [0.2, 0.25) is 10.0 Å². The van der Waals surface area contributed by atoms with Crippen molar-refractivity contribution < 1.29 is 23.8 Å². The molecule has 1 unspecified atom stereocenters. The standard InChI is InChI=1S/C36H29Cl2FN4O4/c1-3-47-21-7-4-6-19(13-21)17-42-30-16-29-24-12-18(2)23(34(44)45)15-27(24)41-43(29)33(30)31(22-8-5-9-26(38)32(22)39)36(42)25-11-10-20(37)14-28(25)40-35(36)46/h4-15,30-31,33H,3,16-17H2,1-2H3,(H,40,46)(H,44,45)/t30-,31-,33?,36+/m0/s1. The molecule has 1 amide bonds. The van der Waals surface area contributed by atoms with E-state index in [2.05, 4.69) is 10.2 Å². The number of amides is 1. The number of carbonyl (C=O) groups is 2. The van der Waals surface area contributed by atoms with E-state index in [0.29, 0.717) is 58.2 Å². The van der Waals surface area contributed by atoms with Gasteiger partial charge in [-0.05, 0) is 73.0 Å². The van der Waals surface area contributed by atoms with Crippen LogP contribution in [0.1, 0.15) is 57.2 Å². The van der Waals surface area contributed by atoms with Crippen LogP contribution in [-0.4, -0.2) is 44.3 Å². The second kappa shape index (κ2) is 10.8. The van der Waals surface area contributed by atoms with E-state index in [9.17, 15) is 14.7 Å². The minimum absolute atomic E-state index is 0.0441. The number of carboxylic acids is 1. The van der Waals surface area contributed by atoms with Gasteiger partial charge in [0.2, 0.25) is 5.91 Å². The molecule has 1 fully saturated rings. The Morgan fingerprint density at radius 3 is 2.72 bits per heavy atom. The first kappa shape index (κ1) is 29.9. The van der Waals surface area contributed by atoms with E-state index in [1.165, 1.54) is 6.07 Å². The summed E-state index contributed by atoms with van der Waals surface area (Å²) in [5.74, 6) is -1.99. The van der Waals surface area contributed by atoms with Crippen LogP contribution in [0.5, 0.6) is 5.75 Å². The lowest BCUT2D eigenvalue weighted by Gasteiger charge is -2.40. The number of nitrogens with zero attached hydrogens (tertiary/aromatic N) is 3. The lowest BCUT2D eigenvalue weighted by molar-refractivity contribution is -0.128. The Labute approximate surface area is 279 Å². The average Bonchev–Trinajstić information content (AvgIpc) is 3.72. The molecule has 4 atom stereocenters. The summed E-state index contributed by atoms with van der Waals surface area (Å²) in [5.41, 5.74) is 3.33. The Morgan fingerprint density at radius 2 is 1.94 bits per heavy atom. The normalized spacial score (nSPS) is 22.8. The predicted molar refractivity (Wildman–Crippen MR) is 177 cm³/mol. The predicted octanol–water partition coefficient (Wildman–Crippen LogP) is 7.50. The van der Waals surface area contributed by atoms with Crippen LogP contribution in [0.25, 0.3) is 10.9 Å². The minimum atomic E-state index is -1.37. The number of rotatable bonds is 6. The highest BCUT2D eigenvalue weighted by Gasteiger charge is 2.69. The van der Waals surface area contributed by atoms with Gasteiger partial charge in [0, 0.05) is 52.3 Å². The number of carboxylic acid groups (broad SMARTS) is 1. The van der Waals surface area contributed by atoms with Gasteiger partial charge in [0.05, 0.1) is 28.8 Å². The van der Waals surface area contributed by atoms with Gasteiger partial charge < -0.3 is 15.2 Å². The van der Waals surface area contributed by atoms with Crippen molar-refractivity contribution in [1.29, 1.82) is 0 Å². The fourth-order valence-corrected chi connectivity index (χ4v) is 8.57. The number of halogens is 3. The van der Waals surface area contributed by atoms with Crippen molar-refractivity contribution in [2.24, 2.45) is 0 Å². The lowest BCUT2D eigenvalue weighted by atomic mass is 9.73. The van der Waals surface area contributed by atoms with E-state index >= 15 is 4.39 Å². The van der Waals surface area contributed by atoms with Crippen LogP contribution in [0.15, 0.2) is 72.8 Å². The zero-order valence-corrected chi connectivity index (χ0v) is 26.9. The van der Waals surface area contributed by atoms with Gasteiger partial charge in [-0.2, -0.15) is 5.10 Å². The molecule has 8 nitrogen and oxygen atoms in total. The summed E-state index contributed by atoms with van der Waals surface area (Å²) in [7, 11) is 0. The van der Waals surface area contributed by atoms with E-state index in [4.69, 9.17) is 33.0 Å². The summed E-state index contributed by atoms with van der Waals surface area (Å²) in [6, 6.07) is 20.6. The number of hydrogen-bond acceptors (Lipinski definition) is 5. The third kappa shape index (κ3) is 4.26. The molecule has 4 heterocycles. The highest BCUT2D eigenvalue weighted by molar-refractivity contribution is 6.31. The molecule has 0 radical (unpaired) electrons. The number of aromatic nitrogens is 2. The van der Waals surface area contributed by atoms with Crippen LogP contribution in [-0.2, 0) is 23.3 Å². The number of benzene rings is 4. The molecule has 0 bridgehead atoms. The molecule has 0 aliphatic carbocycles. The molecule has 1 spiro atoms. The van der Waals surface area contributed by atoms with Crippen molar-refractivity contribution in [3.05, 3.63) is 122 Å². The minimum Gasteiger partial charge on any atom is -0.494 e. The van der Waals surface area contributed by atoms with Gasteiger partial charge in [-0.15, -0.1) is 0 Å². The third-order valence-corrected chi connectivity index (χ3v) is 10.5. The first-order valence-electron chi connectivity index (χ1n) is 15.4. The highest BCUT2D eigenvalue weighted by atomic mass is 35.5. The van der Waals surface area contributed by atoms with Crippen LogP contribution in [0, 0.1) is 12.7 Å². The average molecular weight is 672 g/mol. The maximum atomic E-state index is 16.4. The van der Waals surface area contributed by atoms with Gasteiger partial charge >= 0.3 is 5.97 Å². The molecule has 1 aromatic heterocycles. The fraction of sp³-hybridized carbons (Fsp3) is 0.250. The van der Waals surface area contributed by atoms with Gasteiger partial charge in [-0.3, -0.25) is 14.4 Å². The number of ether oxygens (including phenoxy) is 1. The van der Waals surface area contributed by atoms with E-state index in [1.807, 2.05) is 48.0 Å². The summed E-state index contributed by atoms with van der Waals surface area (Å²) < 4.78 is 24.1. The summed E-state index contributed by atoms with van der Waals surface area (Å²) in [6.07, 6.45) is 0.495. The molecular formula is C36H29Cl2FN4O4. The molecule has 2 N–H and O–H groups in total. The van der Waals surface area contributed by atoms with Crippen molar-refractivity contribution in [3.63, 3.8) is 0 Å². The van der Waals surface area contributed by atoms with E-state index in [0.717, 1.165) is 16.6 Å². The summed E-state index contributed by atoms with van der Waals surface area (Å²) in [5, 5.41) is 19.1. The Kier molecular flexibility index (Phi) is 6.88. The molecule has 0 saturated carbocycles. The molecule has 5 aromatic rings. The summed E-state index contributed by atoms with van der Waals surface area (Å²) >= 11 is 12.9. The molecule has 1 saturated heterocycles. The molecule has 3 aliphatic heterocycles. The highest BCUT2D eigenvalue weighted by Crippen LogP contribution is 2.64. The first-order valence-corrected chi connectivity index (χ1v) is 16.2. The van der Waals surface area contributed by atoms with Crippen LogP contribution < -0.4 is 10.1 Å². The topological polar surface area (TPSA) is 96.7 Å². The van der Waals surface area contributed by atoms with Crippen molar-refractivity contribution in [2.75, 3.05) is 11.9 Å². The van der Waals surface area contributed by atoms with Crippen molar-refractivity contribution in [2.45, 2.75) is 50.4 Å². The Hall–Kier alpha value is -4.44. The van der Waals surface area contributed by atoms with E-state index < -0.39 is 29.3 Å². The number of aryl methyl sites for hydroxylation is 1. The smallest absolute Gasteiger partial charge is 0.336 e. The number of aromatic carboxylic acids is 1. The number of likely N-dealkylation sites (tertiary alicyclic amines) is 1. The van der Waals surface area contributed by atoms with Gasteiger partial charge in [-0.1, -0.05) is 53.5 Å². The zero-order chi connectivity index (χ0) is 32.8. The van der Waals surface area contributed by atoms with E-state index in [-0.39, 0.29) is 22.5 Å². The Morgan fingerprint density at radius 1 is 1.13 bits per heavy atom. The number of fused-ring (bicyclic) bond motifs is 7. The van der Waals surface area contributed by atoms with E-state index in [1.54, 1.807) is 37.3 Å². The molecule has 47 heavy (non-hydrogen) atoms. The first-order chi connectivity index (χ1) is 22.6. The van der Waals surface area contributed by atoms with Gasteiger partial charge in [0.25, 0.3) is 0 Å². The maximum Gasteiger partial charge on any atom is 0.336 e. The van der Waals surface area contributed by atoms with Gasteiger partial charge in [-0.25, -0.2) is 9.18 Å². The quantitative estimate of drug-likeness (QED) is 0.194. The lowest BCUT2D eigenvalue weighted by Crippen LogP contribution is -2.52. The van der Waals surface area contributed by atoms with Crippen LogP contribution in [0.4, 0.5) is 10.1 Å². The number of nitrogens with one attached hydrogen (secondary N) is 1. The molecule has 11 heteroatoms. The zero-order valence-electron chi connectivity index (χ0n) is 25.4.